The minimum Gasteiger partial charge on any atom is -0.496 e. The van der Waals surface area contributed by atoms with Gasteiger partial charge in [0.25, 0.3) is 5.91 Å². The van der Waals surface area contributed by atoms with Gasteiger partial charge in [0.05, 0.1) is 33.3 Å². The maximum absolute atomic E-state index is 14.0. The third-order valence-corrected chi connectivity index (χ3v) is 6.52. The SMILES string of the molecule is COc1cc(F)c(Cl)cc1-c1ccc(CC(NC(=O)c2c(Cl)cccc2Cl)C(=O)O)c2ncccc12. The fraction of sp³-hybridized carbons (Fsp3) is 0.115. The largest absolute Gasteiger partial charge is 0.496 e. The van der Waals surface area contributed by atoms with Crippen LogP contribution in [0, 0.1) is 5.82 Å². The summed E-state index contributed by atoms with van der Waals surface area (Å²) in [4.78, 5) is 29.3. The summed E-state index contributed by atoms with van der Waals surface area (Å²) in [6, 6.07) is 12.9. The van der Waals surface area contributed by atoms with Crippen LogP contribution in [0.25, 0.3) is 22.0 Å². The van der Waals surface area contributed by atoms with Crippen LogP contribution in [0.1, 0.15) is 15.9 Å². The molecular weight excluding hydrogens is 530 g/mol. The van der Waals surface area contributed by atoms with Gasteiger partial charge in [-0.05, 0) is 35.4 Å². The van der Waals surface area contributed by atoms with Crippen LogP contribution < -0.4 is 10.1 Å². The van der Waals surface area contributed by atoms with E-state index < -0.39 is 23.7 Å². The lowest BCUT2D eigenvalue weighted by Crippen LogP contribution is -2.42. The molecule has 0 bridgehead atoms. The van der Waals surface area contributed by atoms with Gasteiger partial charge in [0, 0.05) is 29.6 Å². The highest BCUT2D eigenvalue weighted by Crippen LogP contribution is 2.38. The van der Waals surface area contributed by atoms with Crippen LogP contribution in [-0.4, -0.2) is 35.1 Å². The number of carbonyl (C=O) groups is 2. The number of carboxylic acid groups (broad SMARTS) is 1. The quantitative estimate of drug-likeness (QED) is 0.278. The van der Waals surface area contributed by atoms with E-state index in [-0.39, 0.29) is 32.8 Å². The summed E-state index contributed by atoms with van der Waals surface area (Å²) < 4.78 is 19.4. The first-order valence-corrected chi connectivity index (χ1v) is 11.7. The van der Waals surface area contributed by atoms with E-state index in [1.807, 2.05) is 0 Å². The van der Waals surface area contributed by atoms with E-state index in [9.17, 15) is 19.1 Å². The minimum atomic E-state index is -1.30. The number of halogens is 4. The van der Waals surface area contributed by atoms with Crippen molar-refractivity contribution in [2.75, 3.05) is 7.11 Å². The Morgan fingerprint density at radius 2 is 1.75 bits per heavy atom. The van der Waals surface area contributed by atoms with Gasteiger partial charge in [-0.25, -0.2) is 9.18 Å². The molecule has 4 rings (SSSR count). The van der Waals surface area contributed by atoms with E-state index in [0.717, 1.165) is 0 Å². The molecule has 184 valence electrons. The first-order valence-electron chi connectivity index (χ1n) is 10.6. The molecule has 0 aliphatic rings. The van der Waals surface area contributed by atoms with Gasteiger partial charge in [0.2, 0.25) is 0 Å². The molecule has 1 aromatic heterocycles. The second-order valence-electron chi connectivity index (χ2n) is 7.80. The number of ether oxygens (including phenoxy) is 1. The van der Waals surface area contributed by atoms with Crippen LogP contribution in [0.4, 0.5) is 4.39 Å². The van der Waals surface area contributed by atoms with Gasteiger partial charge in [-0.3, -0.25) is 9.78 Å². The Kier molecular flexibility index (Phi) is 7.64. The number of aromatic nitrogens is 1. The predicted molar refractivity (Wildman–Crippen MR) is 138 cm³/mol. The number of benzene rings is 3. The fourth-order valence-electron chi connectivity index (χ4n) is 3.90. The van der Waals surface area contributed by atoms with Gasteiger partial charge in [0.15, 0.2) is 0 Å². The lowest BCUT2D eigenvalue weighted by molar-refractivity contribution is -0.139. The summed E-state index contributed by atoms with van der Waals surface area (Å²) in [5, 5.41) is 13.1. The molecule has 0 radical (unpaired) electrons. The fourth-order valence-corrected chi connectivity index (χ4v) is 4.64. The smallest absolute Gasteiger partial charge is 0.326 e. The number of carbonyl (C=O) groups excluding carboxylic acids is 1. The highest BCUT2D eigenvalue weighted by Gasteiger charge is 2.25. The molecular formula is C26H18Cl3FN2O4. The molecule has 1 atom stereocenters. The zero-order valence-electron chi connectivity index (χ0n) is 18.7. The number of aliphatic carboxylic acids is 1. The standard InChI is InChI=1S/C26H18Cl3FN2O4/c1-36-22-12-20(30)19(29)11-16(22)14-8-7-13(24-15(14)4-3-9-31-24)10-21(26(34)35)32-25(33)23-17(27)5-2-6-18(23)28/h2-9,11-12,21H,10H2,1H3,(H,32,33)(H,34,35). The number of methoxy groups -OCH3 is 1. The summed E-state index contributed by atoms with van der Waals surface area (Å²) in [6.07, 6.45) is 1.50. The molecule has 0 aliphatic carbocycles. The third-order valence-electron chi connectivity index (χ3n) is 5.60. The maximum atomic E-state index is 14.0. The number of amides is 1. The van der Waals surface area contributed by atoms with E-state index in [2.05, 4.69) is 10.3 Å². The molecule has 0 fully saturated rings. The number of nitrogens with one attached hydrogen (secondary N) is 1. The maximum Gasteiger partial charge on any atom is 0.326 e. The Labute approximate surface area is 220 Å². The number of nitrogens with zero attached hydrogens (tertiary/aromatic N) is 1. The van der Waals surface area contributed by atoms with Crippen LogP contribution in [0.3, 0.4) is 0 Å². The molecule has 1 unspecified atom stereocenters. The number of hydrogen-bond donors (Lipinski definition) is 2. The van der Waals surface area contributed by atoms with Crippen molar-refractivity contribution in [3.8, 4) is 16.9 Å². The van der Waals surface area contributed by atoms with Crippen molar-refractivity contribution in [2.45, 2.75) is 12.5 Å². The van der Waals surface area contributed by atoms with Gasteiger partial charge in [-0.15, -0.1) is 0 Å². The lowest BCUT2D eigenvalue weighted by atomic mass is 9.94. The van der Waals surface area contributed by atoms with Crippen LogP contribution >= 0.6 is 34.8 Å². The van der Waals surface area contributed by atoms with Gasteiger partial charge in [-0.1, -0.05) is 59.1 Å². The Hall–Kier alpha value is -3.39. The highest BCUT2D eigenvalue weighted by molar-refractivity contribution is 6.39. The molecule has 10 heteroatoms. The van der Waals surface area contributed by atoms with Gasteiger partial charge in [-0.2, -0.15) is 0 Å². The highest BCUT2D eigenvalue weighted by atomic mass is 35.5. The van der Waals surface area contributed by atoms with E-state index in [1.165, 1.54) is 31.4 Å². The summed E-state index contributed by atoms with van der Waals surface area (Å²) in [5.74, 6) is -2.29. The average molecular weight is 548 g/mol. The Balaban J connectivity index is 1.74. The monoisotopic (exact) mass is 546 g/mol. The molecule has 2 N–H and O–H groups in total. The topological polar surface area (TPSA) is 88.5 Å². The number of hydrogen-bond acceptors (Lipinski definition) is 4. The molecule has 0 saturated carbocycles. The molecule has 0 saturated heterocycles. The molecule has 1 amide bonds. The van der Waals surface area contributed by atoms with Crippen molar-refractivity contribution in [3.63, 3.8) is 0 Å². The third kappa shape index (κ3) is 5.09. The number of pyridine rings is 1. The normalized spacial score (nSPS) is 11.8. The van der Waals surface area contributed by atoms with Crippen molar-refractivity contribution in [1.82, 2.24) is 10.3 Å². The average Bonchev–Trinajstić information content (AvgIpc) is 2.85. The molecule has 0 aliphatic heterocycles. The summed E-state index contributed by atoms with van der Waals surface area (Å²) in [6.45, 7) is 0. The second kappa shape index (κ2) is 10.7. The van der Waals surface area contributed by atoms with Crippen LogP contribution in [0.15, 0.2) is 60.8 Å². The second-order valence-corrected chi connectivity index (χ2v) is 9.03. The summed E-state index contributed by atoms with van der Waals surface area (Å²) in [5.41, 5.74) is 2.28. The first-order chi connectivity index (χ1) is 17.2. The molecule has 4 aromatic rings. The molecule has 1 heterocycles. The summed E-state index contributed by atoms with van der Waals surface area (Å²) >= 11 is 18.2. The lowest BCUT2D eigenvalue weighted by Gasteiger charge is -2.18. The van der Waals surface area contributed by atoms with Gasteiger partial charge < -0.3 is 15.2 Å². The van der Waals surface area contributed by atoms with Crippen molar-refractivity contribution in [2.24, 2.45) is 0 Å². The van der Waals surface area contributed by atoms with E-state index in [4.69, 9.17) is 39.5 Å². The molecule has 6 nitrogen and oxygen atoms in total. The van der Waals surface area contributed by atoms with Crippen molar-refractivity contribution >= 4 is 57.6 Å². The van der Waals surface area contributed by atoms with Crippen LogP contribution in [0.2, 0.25) is 15.1 Å². The van der Waals surface area contributed by atoms with E-state index in [0.29, 0.717) is 27.6 Å². The number of fused-ring (bicyclic) bond motifs is 1. The summed E-state index contributed by atoms with van der Waals surface area (Å²) in [7, 11) is 1.42. The molecule has 0 spiro atoms. The molecule has 3 aromatic carbocycles. The first kappa shape index (κ1) is 25.7. The zero-order chi connectivity index (χ0) is 26.0. The van der Waals surface area contributed by atoms with Crippen molar-refractivity contribution < 1.29 is 23.8 Å². The van der Waals surface area contributed by atoms with Gasteiger partial charge in [0.1, 0.15) is 17.6 Å². The number of rotatable bonds is 7. The van der Waals surface area contributed by atoms with E-state index in [1.54, 1.807) is 36.5 Å². The minimum absolute atomic E-state index is 0.00861. The predicted octanol–water partition coefficient (Wildman–Crippen LogP) is 6.44. The van der Waals surface area contributed by atoms with Crippen molar-refractivity contribution in [1.29, 1.82) is 0 Å². The Morgan fingerprint density at radius 1 is 1.03 bits per heavy atom. The Morgan fingerprint density at radius 3 is 2.42 bits per heavy atom. The van der Waals surface area contributed by atoms with Gasteiger partial charge >= 0.3 is 5.97 Å². The van der Waals surface area contributed by atoms with Crippen LogP contribution in [-0.2, 0) is 11.2 Å². The Bertz CT molecular complexity index is 1480. The molecule has 36 heavy (non-hydrogen) atoms. The van der Waals surface area contributed by atoms with Crippen molar-refractivity contribution in [3.05, 3.63) is 92.8 Å². The zero-order valence-corrected chi connectivity index (χ0v) is 21.0. The van der Waals surface area contributed by atoms with Crippen LogP contribution in [0.5, 0.6) is 5.75 Å². The number of carboxylic acids is 1. The van der Waals surface area contributed by atoms with E-state index >= 15 is 0 Å².